The lowest BCUT2D eigenvalue weighted by molar-refractivity contribution is 0.0950. The molecule has 0 aromatic heterocycles. The quantitative estimate of drug-likeness (QED) is 0.540. The highest BCUT2D eigenvalue weighted by atomic mass is 19.2. The molecule has 0 atom stereocenters. The summed E-state index contributed by atoms with van der Waals surface area (Å²) in [5.41, 5.74) is 0.385. The summed E-state index contributed by atoms with van der Waals surface area (Å²) >= 11 is 0. The molecule has 0 saturated heterocycles. The van der Waals surface area contributed by atoms with E-state index in [4.69, 9.17) is 0 Å². The molecule has 0 unspecified atom stereocenters. The topological polar surface area (TPSA) is 41.1 Å². The maximum absolute atomic E-state index is 13.6. The molecule has 3 nitrogen and oxygen atoms in total. The summed E-state index contributed by atoms with van der Waals surface area (Å²) in [5.74, 6) is -5.26. The summed E-state index contributed by atoms with van der Waals surface area (Å²) in [4.78, 5) is 11.9. The van der Waals surface area contributed by atoms with Crippen molar-refractivity contribution in [2.75, 3.05) is 18.4 Å². The maximum atomic E-state index is 13.6. The van der Waals surface area contributed by atoms with Crippen LogP contribution in [0.3, 0.4) is 0 Å². The molecular weight excluding hydrogens is 329 g/mol. The Morgan fingerprint density at radius 3 is 2.44 bits per heavy atom. The number of amides is 1. The number of halogens is 3. The maximum Gasteiger partial charge on any atom is 0.254 e. The van der Waals surface area contributed by atoms with Crippen LogP contribution in [0.15, 0.2) is 54.6 Å². The highest BCUT2D eigenvalue weighted by Crippen LogP contribution is 2.22. The Morgan fingerprint density at radius 1 is 0.840 bits per heavy atom. The molecule has 0 aliphatic carbocycles. The zero-order valence-electron chi connectivity index (χ0n) is 13.2. The molecule has 25 heavy (non-hydrogen) atoms. The van der Waals surface area contributed by atoms with E-state index in [1.54, 1.807) is 0 Å². The molecule has 2 N–H and O–H groups in total. The van der Waals surface area contributed by atoms with E-state index in [2.05, 4.69) is 10.6 Å². The second-order valence-corrected chi connectivity index (χ2v) is 5.43. The number of nitrogens with one attached hydrogen (secondary N) is 2. The van der Waals surface area contributed by atoms with Crippen molar-refractivity contribution in [3.63, 3.8) is 0 Å². The van der Waals surface area contributed by atoms with Crippen LogP contribution in [0.25, 0.3) is 10.8 Å². The number of fused-ring (bicyclic) bond motifs is 1. The van der Waals surface area contributed by atoms with Gasteiger partial charge in [-0.3, -0.25) is 4.79 Å². The van der Waals surface area contributed by atoms with Crippen molar-refractivity contribution in [3.8, 4) is 0 Å². The fraction of sp³-hybridized carbons (Fsp3) is 0.105. The van der Waals surface area contributed by atoms with E-state index in [-0.39, 0.29) is 6.54 Å². The molecule has 0 bridgehead atoms. The first kappa shape index (κ1) is 16.8. The molecule has 6 heteroatoms. The predicted molar refractivity (Wildman–Crippen MR) is 91.1 cm³/mol. The van der Waals surface area contributed by atoms with Crippen LogP contribution < -0.4 is 10.6 Å². The van der Waals surface area contributed by atoms with Gasteiger partial charge in [-0.15, -0.1) is 0 Å². The molecule has 0 aliphatic rings. The zero-order chi connectivity index (χ0) is 17.8. The van der Waals surface area contributed by atoms with Crippen LogP contribution in [-0.2, 0) is 0 Å². The molecule has 0 spiro atoms. The van der Waals surface area contributed by atoms with Gasteiger partial charge in [0.05, 0.1) is 5.56 Å². The van der Waals surface area contributed by atoms with Crippen LogP contribution in [0, 0.1) is 17.5 Å². The lowest BCUT2D eigenvalue weighted by atomic mass is 10.1. The van der Waals surface area contributed by atoms with Gasteiger partial charge in [0.2, 0.25) is 0 Å². The highest BCUT2D eigenvalue weighted by Gasteiger charge is 2.18. The van der Waals surface area contributed by atoms with Crippen molar-refractivity contribution in [1.82, 2.24) is 5.32 Å². The summed E-state index contributed by atoms with van der Waals surface area (Å²) in [6.07, 6.45) is 0. The number of hydrogen-bond acceptors (Lipinski definition) is 2. The van der Waals surface area contributed by atoms with Gasteiger partial charge >= 0.3 is 0 Å². The lowest BCUT2D eigenvalue weighted by Crippen LogP contribution is -2.29. The summed E-state index contributed by atoms with van der Waals surface area (Å²) in [6, 6.07) is 15.3. The van der Waals surface area contributed by atoms with E-state index >= 15 is 0 Å². The average Bonchev–Trinajstić information content (AvgIpc) is 2.63. The fourth-order valence-electron chi connectivity index (χ4n) is 2.55. The lowest BCUT2D eigenvalue weighted by Gasteiger charge is -2.11. The fourth-order valence-corrected chi connectivity index (χ4v) is 2.55. The molecular formula is C19H15F3N2O. The third kappa shape index (κ3) is 3.57. The minimum absolute atomic E-state index is 0.195. The van der Waals surface area contributed by atoms with Gasteiger partial charge in [-0.1, -0.05) is 36.4 Å². The first-order valence-corrected chi connectivity index (χ1v) is 7.71. The average molecular weight is 344 g/mol. The van der Waals surface area contributed by atoms with E-state index in [1.807, 2.05) is 42.5 Å². The van der Waals surface area contributed by atoms with Crippen molar-refractivity contribution in [2.24, 2.45) is 0 Å². The van der Waals surface area contributed by atoms with Crippen molar-refractivity contribution < 1.29 is 18.0 Å². The number of anilines is 1. The smallest absolute Gasteiger partial charge is 0.254 e. The van der Waals surface area contributed by atoms with Gasteiger partial charge in [0, 0.05) is 24.2 Å². The number of carbonyl (C=O) groups excluding carboxylic acids is 1. The molecule has 0 heterocycles. The zero-order valence-corrected chi connectivity index (χ0v) is 13.2. The van der Waals surface area contributed by atoms with E-state index in [9.17, 15) is 18.0 Å². The monoisotopic (exact) mass is 344 g/mol. The number of hydrogen-bond donors (Lipinski definition) is 2. The minimum atomic E-state index is -1.65. The van der Waals surface area contributed by atoms with Crippen LogP contribution in [0.1, 0.15) is 10.4 Å². The van der Waals surface area contributed by atoms with Crippen LogP contribution in [0.4, 0.5) is 18.9 Å². The van der Waals surface area contributed by atoms with Crippen molar-refractivity contribution in [2.45, 2.75) is 0 Å². The minimum Gasteiger partial charge on any atom is -0.383 e. The highest BCUT2D eigenvalue weighted by molar-refractivity contribution is 5.95. The molecule has 0 radical (unpaired) electrons. The van der Waals surface area contributed by atoms with Crippen LogP contribution >= 0.6 is 0 Å². The van der Waals surface area contributed by atoms with Gasteiger partial charge in [-0.25, -0.2) is 13.2 Å². The second kappa shape index (κ2) is 7.25. The van der Waals surface area contributed by atoms with Gasteiger partial charge in [-0.05, 0) is 23.6 Å². The molecule has 0 fully saturated rings. The molecule has 3 rings (SSSR count). The van der Waals surface area contributed by atoms with Crippen molar-refractivity contribution in [1.29, 1.82) is 0 Å². The summed E-state index contributed by atoms with van der Waals surface area (Å²) in [5, 5.41) is 7.79. The van der Waals surface area contributed by atoms with Crippen LogP contribution in [0.5, 0.6) is 0 Å². The Balaban J connectivity index is 1.60. The predicted octanol–water partition coefficient (Wildman–Crippen LogP) is 4.10. The SMILES string of the molecule is O=C(NCCNc1cccc2ccccc12)c1ccc(F)c(F)c1F. The number of benzene rings is 3. The van der Waals surface area contributed by atoms with Gasteiger partial charge in [0.25, 0.3) is 5.91 Å². The van der Waals surface area contributed by atoms with Crippen molar-refractivity contribution >= 4 is 22.4 Å². The Labute approximate surface area is 142 Å². The Bertz CT molecular complexity index is 922. The summed E-state index contributed by atoms with van der Waals surface area (Å²) in [7, 11) is 0. The molecule has 0 aliphatic heterocycles. The molecule has 128 valence electrons. The number of rotatable bonds is 5. The standard InChI is InChI=1S/C19H15F3N2O/c20-15-9-8-14(17(21)18(15)22)19(25)24-11-10-23-16-7-3-5-12-4-1-2-6-13(12)16/h1-9,23H,10-11H2,(H,24,25). The van der Waals surface area contributed by atoms with Gasteiger partial charge in [0.15, 0.2) is 17.5 Å². The number of carbonyl (C=O) groups is 1. The van der Waals surface area contributed by atoms with E-state index < -0.39 is 28.9 Å². The Morgan fingerprint density at radius 2 is 1.60 bits per heavy atom. The molecule has 3 aromatic carbocycles. The Kier molecular flexibility index (Phi) is 4.88. The molecule has 1 amide bonds. The van der Waals surface area contributed by atoms with Gasteiger partial charge in [0.1, 0.15) is 0 Å². The first-order valence-electron chi connectivity index (χ1n) is 7.71. The summed E-state index contributed by atoms with van der Waals surface area (Å²) < 4.78 is 39.6. The molecule has 0 saturated carbocycles. The largest absolute Gasteiger partial charge is 0.383 e. The van der Waals surface area contributed by atoms with Crippen LogP contribution in [-0.4, -0.2) is 19.0 Å². The van der Waals surface area contributed by atoms with Gasteiger partial charge in [-0.2, -0.15) is 0 Å². The third-order valence-corrected chi connectivity index (χ3v) is 3.80. The second-order valence-electron chi connectivity index (χ2n) is 5.43. The van der Waals surface area contributed by atoms with Crippen molar-refractivity contribution in [3.05, 3.63) is 77.6 Å². The normalized spacial score (nSPS) is 10.7. The van der Waals surface area contributed by atoms with E-state index in [0.29, 0.717) is 6.54 Å². The van der Waals surface area contributed by atoms with Crippen LogP contribution in [0.2, 0.25) is 0 Å². The summed E-state index contributed by atoms with van der Waals surface area (Å²) in [6.45, 7) is 0.589. The third-order valence-electron chi connectivity index (χ3n) is 3.80. The van der Waals surface area contributed by atoms with E-state index in [0.717, 1.165) is 28.6 Å². The van der Waals surface area contributed by atoms with Gasteiger partial charge < -0.3 is 10.6 Å². The molecule has 3 aromatic rings. The van der Waals surface area contributed by atoms with E-state index in [1.165, 1.54) is 0 Å². The first-order chi connectivity index (χ1) is 12.1. The Hall–Kier alpha value is -3.02.